The van der Waals surface area contributed by atoms with Gasteiger partial charge in [0, 0.05) is 67.8 Å². The Kier molecular flexibility index (Phi) is 22.6. The maximum absolute atomic E-state index is 13.7. The topological polar surface area (TPSA) is 174 Å². The molecule has 0 bridgehead atoms. The molecule has 436 valence electrons. The molecule has 0 radical (unpaired) electrons. The molecule has 0 amide bonds. The normalized spacial score (nSPS) is 15.2. The fourth-order valence-electron chi connectivity index (χ4n) is 9.89. The first-order chi connectivity index (χ1) is 38.0. The van der Waals surface area contributed by atoms with Gasteiger partial charge in [0.25, 0.3) is 11.1 Å². The van der Waals surface area contributed by atoms with E-state index in [1.165, 1.54) is 12.4 Å². The summed E-state index contributed by atoms with van der Waals surface area (Å²) in [5.41, 5.74) is 4.41. The molecule has 2 aliphatic rings. The lowest BCUT2D eigenvalue weighted by Crippen LogP contribution is -2.33. The van der Waals surface area contributed by atoms with Crippen LogP contribution in [0.25, 0.3) is 44.5 Å². The van der Waals surface area contributed by atoms with Crippen LogP contribution >= 0.6 is 96.2 Å². The largest absolute Gasteiger partial charge is 0.361 e. The Hall–Kier alpha value is -4.63. The van der Waals surface area contributed by atoms with Crippen LogP contribution in [0.5, 0.6) is 0 Å². The summed E-state index contributed by atoms with van der Waals surface area (Å²) >= 11 is 10.7. The molecule has 0 aliphatic carbocycles. The summed E-state index contributed by atoms with van der Waals surface area (Å²) in [6.45, 7) is 18.4. The second-order valence-electron chi connectivity index (χ2n) is 22.2. The van der Waals surface area contributed by atoms with Crippen molar-refractivity contribution in [3.05, 3.63) is 167 Å². The van der Waals surface area contributed by atoms with Crippen LogP contribution < -0.4 is 21.3 Å². The van der Waals surface area contributed by atoms with Crippen molar-refractivity contribution in [1.29, 1.82) is 0 Å². The first-order valence-electron chi connectivity index (χ1n) is 26.7. The van der Waals surface area contributed by atoms with Crippen molar-refractivity contribution in [3.63, 3.8) is 0 Å². The van der Waals surface area contributed by atoms with Crippen LogP contribution in [-0.4, -0.2) is 99.9 Å². The second kappa shape index (κ2) is 28.5. The van der Waals surface area contributed by atoms with Crippen molar-refractivity contribution >= 4 is 151 Å². The molecule has 26 heteroatoms. The zero-order valence-corrected chi connectivity index (χ0v) is 56.6. The number of hydrogen-bond acceptors (Lipinski definition) is 12. The van der Waals surface area contributed by atoms with Gasteiger partial charge >= 0.3 is 0 Å². The minimum Gasteiger partial charge on any atom is -0.361 e. The molecule has 0 unspecified atom stereocenters. The Labute approximate surface area is 531 Å². The number of benzene rings is 2. The molecule has 2 aliphatic heterocycles. The number of ether oxygens (including phenoxy) is 2. The minimum atomic E-state index is -1.16. The molecule has 10 aromatic rings. The lowest BCUT2D eigenvalue weighted by Gasteiger charge is -2.27. The summed E-state index contributed by atoms with van der Waals surface area (Å²) in [6, 6.07) is 29.1. The van der Waals surface area contributed by atoms with E-state index in [0.29, 0.717) is 35.5 Å². The zero-order chi connectivity index (χ0) is 55.4. The summed E-state index contributed by atoms with van der Waals surface area (Å²) in [4.78, 5) is 46.6. The van der Waals surface area contributed by atoms with Gasteiger partial charge in [0.2, 0.25) is 0 Å². The molecule has 0 spiro atoms. The molecule has 2 atom stereocenters. The van der Waals surface area contributed by atoms with E-state index in [4.69, 9.17) is 31.2 Å². The number of hydrogen-bond donors (Lipinski definition) is 1. The quantitative estimate of drug-likeness (QED) is 0.0446. The average molecular weight is 1450 g/mol. The van der Waals surface area contributed by atoms with Gasteiger partial charge in [-0.05, 0) is 138 Å². The number of nitrogens with zero attached hydrogens (tertiary/aromatic N) is 13. The highest BCUT2D eigenvalue weighted by Gasteiger charge is 2.34. The lowest BCUT2D eigenvalue weighted by molar-refractivity contribution is 0.0897. The monoisotopic (exact) mass is 1450 g/mol. The molecular weight excluding hydrogens is 1380 g/mol. The highest BCUT2D eigenvalue weighted by Crippen LogP contribution is 2.39. The Bertz CT molecular complexity index is 3870. The van der Waals surface area contributed by atoms with Crippen LogP contribution in [-0.2, 0) is 22.9 Å². The van der Waals surface area contributed by atoms with Crippen molar-refractivity contribution in [2.24, 2.45) is 0 Å². The van der Waals surface area contributed by atoms with Crippen LogP contribution in [0, 0.1) is 7.14 Å². The van der Waals surface area contributed by atoms with Gasteiger partial charge in [-0.3, -0.25) is 18.7 Å². The zero-order valence-electron chi connectivity index (χ0n) is 46.7. The van der Waals surface area contributed by atoms with Gasteiger partial charge < -0.3 is 28.8 Å². The maximum atomic E-state index is 13.7. The van der Waals surface area contributed by atoms with Crippen LogP contribution in [0.4, 0.5) is 5.82 Å². The van der Waals surface area contributed by atoms with E-state index in [2.05, 4.69) is 125 Å². The first kappa shape index (κ1) is 64.9. The smallest absolute Gasteiger partial charge is 0.282 e. The van der Waals surface area contributed by atoms with Crippen molar-refractivity contribution < 1.29 is 9.47 Å². The fourth-order valence-corrected chi connectivity index (χ4v) is 13.4. The van der Waals surface area contributed by atoms with Crippen molar-refractivity contribution in [3.8, 4) is 11.4 Å². The SMILES string of the molecule is C[Si](C)(C)CCOCn1cc(I)c2c(Cl)ncnc21.C[Si](C)(C)CCOCn1cc(I)c2c(N3CCC[C@H]3c3nn4cccc4c(=O)n3-c3ccccc3)ncnc21.Cl.O=c1c2cccn2nc([C@@H]2CCCN2)n1-c1ccccc1.S.S. The number of aromatic nitrogens is 12. The van der Waals surface area contributed by atoms with Gasteiger partial charge in [-0.25, -0.2) is 29.0 Å². The van der Waals surface area contributed by atoms with E-state index in [-0.39, 0.29) is 62.6 Å². The van der Waals surface area contributed by atoms with Gasteiger partial charge in [-0.1, -0.05) is 87.3 Å². The fraction of sp³-hybridized carbons (Fsp3) is 0.357. The number of fused-ring (bicyclic) bond motifs is 4. The standard InChI is InChI=1S/C28H32IN7O2Si.C16H16N4O.C12H17ClIN3OSi.ClH.2H2S/c1-39(2,3)16-15-38-19-33-17-21(29)24-26(33)30-18-31-27(24)34-13-7-11-22(34)25-32-35-14-8-12-23(35)28(37)36(25)20-9-5-4-6-10-20;21-16-14-9-5-11-19(14)18-15(13-8-4-10-17-13)20(16)12-6-2-1-3-7-12;1-19(2,3)5-4-18-8-17-6-9(14)10-11(13)15-7-16-12(10)17;;;/h4-6,8-10,12,14,17-18,22H,7,11,13,15-16,19H2,1-3H3;1-3,5-7,9,11,13,17H,4,8,10H2;6-7H,4-5,8H2,1-3H3;1H;2*1H2/t22-;13-;;;;/m00..../s1. The van der Waals surface area contributed by atoms with Crippen LogP contribution in [0.1, 0.15) is 49.4 Å². The predicted octanol–water partition coefficient (Wildman–Crippen LogP) is 12.0. The average Bonchev–Trinajstić information content (AvgIpc) is 4.34. The van der Waals surface area contributed by atoms with E-state index < -0.39 is 16.1 Å². The molecule has 0 saturated carbocycles. The number of halogens is 4. The first-order valence-corrected chi connectivity index (χ1v) is 36.6. The van der Waals surface area contributed by atoms with E-state index in [1.54, 1.807) is 30.6 Å². The number of anilines is 1. The summed E-state index contributed by atoms with van der Waals surface area (Å²) in [7, 11) is -2.19. The molecule has 2 aromatic carbocycles. The van der Waals surface area contributed by atoms with E-state index in [1.807, 2.05) is 102 Å². The van der Waals surface area contributed by atoms with Gasteiger partial charge in [0.05, 0.1) is 34.2 Å². The molecule has 12 rings (SSSR count). The Morgan fingerprint density at radius 2 is 1.13 bits per heavy atom. The third kappa shape index (κ3) is 14.7. The molecule has 8 aromatic heterocycles. The number of nitrogens with one attached hydrogen (secondary N) is 1. The molecular formula is C56H70Cl2I2N14O4S2Si2. The van der Waals surface area contributed by atoms with Crippen molar-refractivity contribution in [2.45, 2.75) is 103 Å². The van der Waals surface area contributed by atoms with Gasteiger partial charge in [0.15, 0.2) is 11.6 Å². The van der Waals surface area contributed by atoms with E-state index >= 15 is 0 Å². The molecule has 2 saturated heterocycles. The summed E-state index contributed by atoms with van der Waals surface area (Å²) < 4.78 is 24.8. The maximum Gasteiger partial charge on any atom is 0.282 e. The number of para-hydroxylation sites is 2. The molecule has 82 heavy (non-hydrogen) atoms. The van der Waals surface area contributed by atoms with Gasteiger partial charge in [0.1, 0.15) is 59.4 Å². The summed E-state index contributed by atoms with van der Waals surface area (Å²) in [5, 5.41) is 15.5. The van der Waals surface area contributed by atoms with Crippen molar-refractivity contribution in [2.75, 3.05) is 31.2 Å². The molecule has 2 fully saturated rings. The predicted molar refractivity (Wildman–Crippen MR) is 363 cm³/mol. The molecule has 10 heterocycles. The van der Waals surface area contributed by atoms with Crippen molar-refractivity contribution in [1.82, 2.24) is 62.7 Å². The third-order valence-corrected chi connectivity index (χ3v) is 19.3. The van der Waals surface area contributed by atoms with E-state index in [0.717, 1.165) is 110 Å². The summed E-state index contributed by atoms with van der Waals surface area (Å²) in [6.07, 6.45) is 14.8. The minimum absolute atomic E-state index is 0. The number of rotatable bonds is 15. The van der Waals surface area contributed by atoms with Crippen LogP contribution in [0.15, 0.2) is 132 Å². The highest BCUT2D eigenvalue weighted by atomic mass is 127. The third-order valence-electron chi connectivity index (χ3n) is 14.0. The van der Waals surface area contributed by atoms with Gasteiger partial charge in [-0.15, -0.1) is 12.4 Å². The summed E-state index contributed by atoms with van der Waals surface area (Å²) in [5.74, 6) is 2.37. The highest BCUT2D eigenvalue weighted by molar-refractivity contribution is 14.1. The van der Waals surface area contributed by atoms with Crippen LogP contribution in [0.2, 0.25) is 56.5 Å². The van der Waals surface area contributed by atoms with Gasteiger partial charge in [-0.2, -0.15) is 37.2 Å². The van der Waals surface area contributed by atoms with E-state index in [9.17, 15) is 9.59 Å². The molecule has 18 nitrogen and oxygen atoms in total. The van der Waals surface area contributed by atoms with Crippen LogP contribution in [0.3, 0.4) is 0 Å². The Morgan fingerprint density at radius 1 is 0.634 bits per heavy atom. The molecule has 1 N–H and O–H groups in total. The Balaban J connectivity index is 0.000000191. The Morgan fingerprint density at radius 3 is 1.66 bits per heavy atom. The second-order valence-corrected chi connectivity index (χ2v) is 36.1. The lowest BCUT2D eigenvalue weighted by atomic mass is 10.2.